The fourth-order valence-corrected chi connectivity index (χ4v) is 4.04. The topological polar surface area (TPSA) is 82.9 Å². The Hall–Kier alpha value is -4.50. The van der Waals surface area contributed by atoms with Crippen LogP contribution in [0.1, 0.15) is 6.42 Å². The van der Waals surface area contributed by atoms with E-state index in [0.717, 1.165) is 25.1 Å². The molecule has 0 bridgehead atoms. The van der Waals surface area contributed by atoms with Crippen molar-refractivity contribution in [2.24, 2.45) is 0 Å². The monoisotopic (exact) mass is 501 g/mol. The third-order valence-electron chi connectivity index (χ3n) is 5.73. The van der Waals surface area contributed by atoms with E-state index in [4.69, 9.17) is 19.3 Å². The fraction of sp³-hybridized carbons (Fsp3) is 0.179. The Morgan fingerprint density at radius 2 is 1.73 bits per heavy atom. The predicted molar refractivity (Wildman–Crippen MR) is 136 cm³/mol. The van der Waals surface area contributed by atoms with E-state index in [-0.39, 0.29) is 11.5 Å². The summed E-state index contributed by atoms with van der Waals surface area (Å²) in [7, 11) is 4.03. The number of nitrogens with zero attached hydrogens (tertiary/aromatic N) is 3. The zero-order chi connectivity index (χ0) is 25.9. The average molecular weight is 502 g/mol. The van der Waals surface area contributed by atoms with E-state index in [9.17, 15) is 14.0 Å². The van der Waals surface area contributed by atoms with E-state index >= 15 is 0 Å². The molecule has 188 valence electrons. The molecule has 0 saturated heterocycles. The molecule has 0 radical (unpaired) electrons. The molecule has 8 nitrogen and oxygen atoms in total. The smallest absolute Gasteiger partial charge is 0.336 e. The third-order valence-corrected chi connectivity index (χ3v) is 5.73. The van der Waals surface area contributed by atoms with Crippen LogP contribution in [0, 0.1) is 5.82 Å². The molecule has 1 aliphatic rings. The maximum absolute atomic E-state index is 13.7. The highest BCUT2D eigenvalue weighted by Gasteiger charge is 2.25. The lowest BCUT2D eigenvalue weighted by atomic mass is 10.1. The van der Waals surface area contributed by atoms with E-state index in [1.165, 1.54) is 12.1 Å². The molecule has 0 spiro atoms. The highest BCUT2D eigenvalue weighted by atomic mass is 19.1. The van der Waals surface area contributed by atoms with Gasteiger partial charge in [0.2, 0.25) is 0 Å². The predicted octanol–water partition coefficient (Wildman–Crippen LogP) is 4.54. The lowest BCUT2D eigenvalue weighted by molar-refractivity contribution is -0.133. The Kier molecular flexibility index (Phi) is 6.70. The molecule has 0 unspecified atom stereocenters. The summed E-state index contributed by atoms with van der Waals surface area (Å²) in [6.07, 6.45) is 2.88. The van der Waals surface area contributed by atoms with E-state index in [1.54, 1.807) is 28.9 Å². The molecule has 1 aliphatic heterocycles. The van der Waals surface area contributed by atoms with Crippen molar-refractivity contribution in [2.45, 2.75) is 6.42 Å². The van der Waals surface area contributed by atoms with Gasteiger partial charge < -0.3 is 19.1 Å². The van der Waals surface area contributed by atoms with Crippen LogP contribution >= 0.6 is 0 Å². The number of aromatic nitrogens is 2. The third kappa shape index (κ3) is 5.22. The zero-order valence-corrected chi connectivity index (χ0v) is 20.3. The van der Waals surface area contributed by atoms with Gasteiger partial charge in [0.15, 0.2) is 11.5 Å². The summed E-state index contributed by atoms with van der Waals surface area (Å²) in [6.45, 7) is 1.47. The average Bonchev–Trinajstić information content (AvgIpc) is 3.26. The van der Waals surface area contributed by atoms with Crippen molar-refractivity contribution in [3.63, 3.8) is 0 Å². The Morgan fingerprint density at radius 1 is 0.973 bits per heavy atom. The van der Waals surface area contributed by atoms with Crippen LogP contribution in [0.5, 0.6) is 17.2 Å². The van der Waals surface area contributed by atoms with Gasteiger partial charge in [-0.2, -0.15) is 5.10 Å². The van der Waals surface area contributed by atoms with Gasteiger partial charge in [0.25, 0.3) is 0 Å². The first-order valence-corrected chi connectivity index (χ1v) is 11.7. The van der Waals surface area contributed by atoms with Gasteiger partial charge in [-0.05, 0) is 69.0 Å². The summed E-state index contributed by atoms with van der Waals surface area (Å²) in [4.78, 5) is 26.5. The molecule has 37 heavy (non-hydrogen) atoms. The number of carbonyl (C=O) groups excluding carboxylic acids is 2. The molecule has 1 aromatic heterocycles. The SMILES string of the molecule is CN(C)CCCOc1cccc(-n2nc(-c3ccc(F)cc3)c3c4c(ccc32)OC(=O)/C=C\C(=O)O4)c1. The molecule has 3 aromatic carbocycles. The first-order valence-electron chi connectivity index (χ1n) is 11.7. The van der Waals surface area contributed by atoms with Gasteiger partial charge in [-0.15, -0.1) is 0 Å². The van der Waals surface area contributed by atoms with Gasteiger partial charge in [0, 0.05) is 30.3 Å². The molecule has 2 heterocycles. The van der Waals surface area contributed by atoms with Crippen molar-refractivity contribution >= 4 is 22.8 Å². The van der Waals surface area contributed by atoms with Crippen LogP contribution in [-0.4, -0.2) is 53.9 Å². The van der Waals surface area contributed by atoms with Crippen LogP contribution in [0.4, 0.5) is 4.39 Å². The quantitative estimate of drug-likeness (QED) is 0.209. The van der Waals surface area contributed by atoms with E-state index in [0.29, 0.717) is 40.2 Å². The molecule has 4 aromatic rings. The molecule has 0 aliphatic carbocycles. The summed E-state index contributed by atoms with van der Waals surface area (Å²) >= 11 is 0. The van der Waals surface area contributed by atoms with Crippen LogP contribution in [0.15, 0.2) is 72.8 Å². The molecular formula is C28H24FN3O5. The van der Waals surface area contributed by atoms with Crippen molar-refractivity contribution in [3.05, 3.63) is 78.6 Å². The molecule has 9 heteroatoms. The van der Waals surface area contributed by atoms with Crippen molar-refractivity contribution in [3.8, 4) is 34.2 Å². The number of rotatable bonds is 7. The minimum Gasteiger partial charge on any atom is -0.493 e. The summed E-state index contributed by atoms with van der Waals surface area (Å²) in [5, 5.41) is 5.25. The van der Waals surface area contributed by atoms with Gasteiger partial charge >= 0.3 is 11.9 Å². The van der Waals surface area contributed by atoms with Crippen molar-refractivity contribution in [1.29, 1.82) is 0 Å². The van der Waals surface area contributed by atoms with Gasteiger partial charge in [-0.25, -0.2) is 18.7 Å². The first kappa shape index (κ1) is 24.2. The zero-order valence-electron chi connectivity index (χ0n) is 20.3. The summed E-state index contributed by atoms with van der Waals surface area (Å²) in [5.74, 6) is -1.01. The number of esters is 2. The number of benzene rings is 3. The maximum Gasteiger partial charge on any atom is 0.336 e. The Labute approximate surface area is 212 Å². The van der Waals surface area contributed by atoms with Crippen molar-refractivity contribution in [1.82, 2.24) is 14.7 Å². The second-order valence-electron chi connectivity index (χ2n) is 8.73. The highest BCUT2D eigenvalue weighted by Crippen LogP contribution is 2.43. The highest BCUT2D eigenvalue weighted by molar-refractivity contribution is 6.04. The summed E-state index contributed by atoms with van der Waals surface area (Å²) in [6, 6.07) is 16.6. The largest absolute Gasteiger partial charge is 0.493 e. The number of hydrogen-bond acceptors (Lipinski definition) is 7. The van der Waals surface area contributed by atoms with Crippen LogP contribution in [-0.2, 0) is 9.59 Å². The fourth-order valence-electron chi connectivity index (χ4n) is 4.04. The molecular weight excluding hydrogens is 477 g/mol. The molecule has 0 N–H and O–H groups in total. The number of carbonyl (C=O) groups is 2. The second-order valence-corrected chi connectivity index (χ2v) is 8.73. The summed E-state index contributed by atoms with van der Waals surface area (Å²) in [5.41, 5.74) is 2.32. The summed E-state index contributed by atoms with van der Waals surface area (Å²) < 4.78 is 32.3. The number of fused-ring (bicyclic) bond motifs is 3. The number of halogens is 1. The van der Waals surface area contributed by atoms with Crippen molar-refractivity contribution in [2.75, 3.05) is 27.2 Å². The standard InChI is InChI=1S/C28H24FN3O5/c1-31(2)15-4-16-35-21-6-3-5-20(17-21)32-22-11-12-23-28(37-25(34)14-13-24(33)36-23)26(22)27(30-32)18-7-9-19(29)10-8-18/h3,5-14,17H,4,15-16H2,1-2H3/b14-13-. The molecule has 5 rings (SSSR count). The normalized spacial score (nSPS) is 14.1. The first-order chi connectivity index (χ1) is 17.9. The van der Waals surface area contributed by atoms with E-state index < -0.39 is 17.8 Å². The molecule has 0 amide bonds. The Bertz CT molecular complexity index is 1510. The van der Waals surface area contributed by atoms with Gasteiger partial charge in [0.1, 0.15) is 17.3 Å². The number of hydrogen-bond donors (Lipinski definition) is 0. The molecule has 0 saturated carbocycles. The van der Waals surface area contributed by atoms with Gasteiger partial charge in [0.05, 0.1) is 23.2 Å². The Balaban J connectivity index is 1.64. The van der Waals surface area contributed by atoms with E-state index in [2.05, 4.69) is 4.90 Å². The van der Waals surface area contributed by atoms with Gasteiger partial charge in [-0.3, -0.25) is 0 Å². The van der Waals surface area contributed by atoms with Crippen LogP contribution in [0.3, 0.4) is 0 Å². The number of ether oxygens (including phenoxy) is 3. The van der Waals surface area contributed by atoms with Crippen molar-refractivity contribution < 1.29 is 28.2 Å². The second kappa shape index (κ2) is 10.2. The van der Waals surface area contributed by atoms with Crippen LogP contribution in [0.25, 0.3) is 27.8 Å². The lowest BCUT2D eigenvalue weighted by Gasteiger charge is -2.13. The molecule has 0 atom stereocenters. The lowest BCUT2D eigenvalue weighted by Crippen LogP contribution is -2.15. The van der Waals surface area contributed by atoms with E-state index in [1.807, 2.05) is 38.4 Å². The molecule has 0 fully saturated rings. The maximum atomic E-state index is 13.7. The van der Waals surface area contributed by atoms with Crippen LogP contribution < -0.4 is 14.2 Å². The minimum absolute atomic E-state index is 0.0573. The minimum atomic E-state index is -0.726. The van der Waals surface area contributed by atoms with Gasteiger partial charge in [-0.1, -0.05) is 6.07 Å². The van der Waals surface area contributed by atoms with Crippen LogP contribution in [0.2, 0.25) is 0 Å². The Morgan fingerprint density at radius 3 is 2.49 bits per heavy atom.